The second kappa shape index (κ2) is 8.19. The van der Waals surface area contributed by atoms with Gasteiger partial charge in [-0.2, -0.15) is 0 Å². The Morgan fingerprint density at radius 2 is 2.12 bits per heavy atom. The number of amides is 1. The molecule has 0 aliphatic carbocycles. The van der Waals surface area contributed by atoms with Crippen molar-refractivity contribution in [2.45, 2.75) is 25.5 Å². The quantitative estimate of drug-likeness (QED) is 0.561. The number of oxime groups is 1. The Bertz CT molecular complexity index is 747. The molecule has 1 aromatic rings. The third-order valence-electron chi connectivity index (χ3n) is 3.79. The van der Waals surface area contributed by atoms with Gasteiger partial charge in [0.1, 0.15) is 0 Å². The zero-order chi connectivity index (χ0) is 18.4. The second-order valence-electron chi connectivity index (χ2n) is 5.67. The molecule has 1 heterocycles. The monoisotopic (exact) mass is 370 g/mol. The number of nitrogens with one attached hydrogen (secondary N) is 1. The molecule has 0 aromatic heterocycles. The first-order chi connectivity index (χ1) is 11.9. The average molecular weight is 370 g/mol. The van der Waals surface area contributed by atoms with Crippen molar-refractivity contribution in [3.63, 3.8) is 0 Å². The van der Waals surface area contributed by atoms with Gasteiger partial charge in [0.2, 0.25) is 6.10 Å². The number of hydrogen-bond acceptors (Lipinski definition) is 7. The molecule has 1 amide bonds. The zero-order valence-electron chi connectivity index (χ0n) is 14.4. The molecular formula is C16H22N2O6S. The maximum atomic E-state index is 12.0. The number of benzene rings is 1. The molecule has 1 saturated heterocycles. The van der Waals surface area contributed by atoms with Crippen LogP contribution in [0.3, 0.4) is 0 Å². The molecule has 1 aliphatic heterocycles. The largest absolute Gasteiger partial charge is 0.493 e. The summed E-state index contributed by atoms with van der Waals surface area (Å²) >= 11 is 0. The van der Waals surface area contributed by atoms with E-state index in [1.165, 1.54) is 20.4 Å². The van der Waals surface area contributed by atoms with Crippen LogP contribution >= 0.6 is 0 Å². The molecular weight excluding hydrogens is 348 g/mol. The Hall–Kier alpha value is -2.29. The van der Waals surface area contributed by atoms with Crippen molar-refractivity contribution in [1.82, 2.24) is 5.32 Å². The van der Waals surface area contributed by atoms with Crippen molar-refractivity contribution < 1.29 is 27.5 Å². The lowest BCUT2D eigenvalue weighted by Gasteiger charge is -2.14. The van der Waals surface area contributed by atoms with Crippen molar-refractivity contribution in [2.75, 3.05) is 25.7 Å². The summed E-state index contributed by atoms with van der Waals surface area (Å²) in [7, 11) is 0.00329. The lowest BCUT2D eigenvalue weighted by atomic mass is 10.2. The summed E-state index contributed by atoms with van der Waals surface area (Å²) < 4.78 is 33.3. The summed E-state index contributed by atoms with van der Waals surface area (Å²) in [6, 6.07) is 4.93. The minimum atomic E-state index is -3.05. The molecule has 9 heteroatoms. The van der Waals surface area contributed by atoms with Gasteiger partial charge in [-0.1, -0.05) is 11.2 Å². The first-order valence-corrected chi connectivity index (χ1v) is 9.59. The normalized spacial score (nSPS) is 20.2. The highest BCUT2D eigenvalue weighted by Gasteiger charge is 2.30. The van der Waals surface area contributed by atoms with E-state index in [1.54, 1.807) is 25.1 Å². The summed E-state index contributed by atoms with van der Waals surface area (Å²) in [6.07, 6.45) is 0.993. The Morgan fingerprint density at radius 3 is 2.72 bits per heavy atom. The molecule has 1 N–H and O–H groups in total. The third-order valence-corrected chi connectivity index (χ3v) is 5.56. The van der Waals surface area contributed by atoms with Crippen molar-refractivity contribution in [1.29, 1.82) is 0 Å². The van der Waals surface area contributed by atoms with E-state index in [1.807, 2.05) is 0 Å². The number of nitrogens with zero attached hydrogens (tertiary/aromatic N) is 1. The standard InChI is InChI=1S/C16H22N2O6S/c1-11(16(19)18-13-7-8-25(20,21)10-13)24-17-9-12-5-4-6-14(22-2)15(12)23-3/h4-6,9,11,13H,7-8,10H2,1-3H3,(H,18,19)/b17-9+. The van der Waals surface area contributed by atoms with Gasteiger partial charge in [0, 0.05) is 11.6 Å². The minimum absolute atomic E-state index is 0.0320. The van der Waals surface area contributed by atoms with Crippen LogP contribution in [-0.2, 0) is 19.5 Å². The number of carbonyl (C=O) groups is 1. The Morgan fingerprint density at radius 1 is 1.36 bits per heavy atom. The molecule has 1 aliphatic rings. The summed E-state index contributed by atoms with van der Waals surface area (Å²) in [6.45, 7) is 1.54. The molecule has 2 rings (SSSR count). The maximum Gasteiger partial charge on any atom is 0.263 e. The van der Waals surface area contributed by atoms with Gasteiger partial charge in [0.05, 0.1) is 31.9 Å². The van der Waals surface area contributed by atoms with Crippen molar-refractivity contribution in [2.24, 2.45) is 5.16 Å². The first kappa shape index (κ1) is 19.0. The molecule has 1 fully saturated rings. The fourth-order valence-corrected chi connectivity index (χ4v) is 4.14. The fraction of sp³-hybridized carbons (Fsp3) is 0.500. The zero-order valence-corrected chi connectivity index (χ0v) is 15.2. The predicted molar refractivity (Wildman–Crippen MR) is 92.9 cm³/mol. The fourth-order valence-electron chi connectivity index (χ4n) is 2.47. The van der Waals surface area contributed by atoms with E-state index in [4.69, 9.17) is 14.3 Å². The molecule has 138 valence electrons. The lowest BCUT2D eigenvalue weighted by Crippen LogP contribution is -2.41. The van der Waals surface area contributed by atoms with Gasteiger partial charge in [-0.15, -0.1) is 0 Å². The number of carbonyl (C=O) groups excluding carboxylic acids is 1. The Labute approximate surface area is 147 Å². The van der Waals surface area contributed by atoms with Crippen LogP contribution < -0.4 is 14.8 Å². The molecule has 2 atom stereocenters. The predicted octanol–water partition coefficient (Wildman–Crippen LogP) is 0.746. The van der Waals surface area contributed by atoms with Crippen molar-refractivity contribution in [3.05, 3.63) is 23.8 Å². The van der Waals surface area contributed by atoms with Crippen LogP contribution in [0, 0.1) is 0 Å². The van der Waals surface area contributed by atoms with E-state index in [9.17, 15) is 13.2 Å². The average Bonchev–Trinajstić information content (AvgIpc) is 2.92. The molecule has 0 bridgehead atoms. The van der Waals surface area contributed by atoms with Crippen LogP contribution in [0.25, 0.3) is 0 Å². The third kappa shape index (κ3) is 5.09. The molecule has 8 nitrogen and oxygen atoms in total. The van der Waals surface area contributed by atoms with Gasteiger partial charge in [-0.3, -0.25) is 4.79 Å². The highest BCUT2D eigenvalue weighted by molar-refractivity contribution is 7.91. The van der Waals surface area contributed by atoms with E-state index in [-0.39, 0.29) is 17.5 Å². The number of ether oxygens (including phenoxy) is 2. The van der Waals surface area contributed by atoms with Gasteiger partial charge in [-0.25, -0.2) is 8.42 Å². The first-order valence-electron chi connectivity index (χ1n) is 7.77. The highest BCUT2D eigenvalue weighted by atomic mass is 32.2. The van der Waals surface area contributed by atoms with Gasteiger partial charge in [0.25, 0.3) is 5.91 Å². The molecule has 0 radical (unpaired) electrons. The van der Waals surface area contributed by atoms with Gasteiger partial charge < -0.3 is 19.6 Å². The van der Waals surface area contributed by atoms with Crippen molar-refractivity contribution in [3.8, 4) is 11.5 Å². The number of hydrogen-bond donors (Lipinski definition) is 1. The van der Waals surface area contributed by atoms with Crippen molar-refractivity contribution >= 4 is 22.0 Å². The van der Waals surface area contributed by atoms with E-state index in [0.717, 1.165) is 0 Å². The maximum absolute atomic E-state index is 12.0. The minimum Gasteiger partial charge on any atom is -0.493 e. The van der Waals surface area contributed by atoms with Gasteiger partial charge >= 0.3 is 0 Å². The number of para-hydroxylation sites is 1. The van der Waals surface area contributed by atoms with Crippen LogP contribution in [0.2, 0.25) is 0 Å². The van der Waals surface area contributed by atoms with E-state index >= 15 is 0 Å². The number of sulfone groups is 1. The topological polar surface area (TPSA) is 103 Å². The van der Waals surface area contributed by atoms with Crippen LogP contribution in [0.4, 0.5) is 0 Å². The molecule has 2 unspecified atom stereocenters. The highest BCUT2D eigenvalue weighted by Crippen LogP contribution is 2.29. The summed E-state index contributed by atoms with van der Waals surface area (Å²) in [4.78, 5) is 17.2. The van der Waals surface area contributed by atoms with E-state index in [2.05, 4.69) is 10.5 Å². The Balaban J connectivity index is 1.92. The van der Waals surface area contributed by atoms with Crippen LogP contribution in [0.1, 0.15) is 18.9 Å². The summed E-state index contributed by atoms with van der Waals surface area (Å²) in [5.41, 5.74) is 0.636. The van der Waals surface area contributed by atoms with Crippen LogP contribution in [0.5, 0.6) is 11.5 Å². The van der Waals surface area contributed by atoms with Gasteiger partial charge in [-0.05, 0) is 25.5 Å². The molecule has 1 aromatic carbocycles. The number of rotatable bonds is 7. The SMILES string of the molecule is COc1cccc(/C=N/OC(C)C(=O)NC2CCS(=O)(=O)C2)c1OC. The van der Waals surface area contributed by atoms with E-state index in [0.29, 0.717) is 23.5 Å². The number of methoxy groups -OCH3 is 2. The van der Waals surface area contributed by atoms with Crippen LogP contribution in [-0.4, -0.2) is 58.4 Å². The molecule has 0 spiro atoms. The van der Waals surface area contributed by atoms with E-state index < -0.39 is 21.8 Å². The lowest BCUT2D eigenvalue weighted by molar-refractivity contribution is -0.132. The second-order valence-corrected chi connectivity index (χ2v) is 7.90. The summed E-state index contributed by atoms with van der Waals surface area (Å²) in [5, 5.41) is 6.47. The summed E-state index contributed by atoms with van der Waals surface area (Å²) in [5.74, 6) is 0.721. The smallest absolute Gasteiger partial charge is 0.263 e. The van der Waals surface area contributed by atoms with Crippen LogP contribution in [0.15, 0.2) is 23.4 Å². The molecule has 25 heavy (non-hydrogen) atoms. The Kier molecular flexibility index (Phi) is 6.24. The molecule has 0 saturated carbocycles. The van der Waals surface area contributed by atoms with Gasteiger partial charge in [0.15, 0.2) is 21.3 Å².